The highest BCUT2D eigenvalue weighted by molar-refractivity contribution is 7.99. The summed E-state index contributed by atoms with van der Waals surface area (Å²) >= 11 is 1.60. The van der Waals surface area contributed by atoms with E-state index >= 15 is 0 Å². The molecule has 22 heavy (non-hydrogen) atoms. The molecule has 0 unspecified atom stereocenters. The Hall–Kier alpha value is -1.34. The van der Waals surface area contributed by atoms with Crippen molar-refractivity contribution in [2.75, 3.05) is 32.1 Å². The Balaban J connectivity index is 1.57. The number of carbonyl (C=O) groups is 1. The van der Waals surface area contributed by atoms with Gasteiger partial charge in [-0.2, -0.15) is 0 Å². The Kier molecular flexibility index (Phi) is 3.69. The second kappa shape index (κ2) is 5.70. The SMILES string of the molecule is O=C(C[C@H]1CSc2nc3c(c(=O)n21)CCC3)N1CCOCC1. The zero-order chi connectivity index (χ0) is 15.1. The van der Waals surface area contributed by atoms with Crippen LogP contribution < -0.4 is 5.56 Å². The van der Waals surface area contributed by atoms with Crippen LogP contribution in [0, 0.1) is 0 Å². The normalized spacial score (nSPS) is 23.5. The number of hydrogen-bond acceptors (Lipinski definition) is 5. The quantitative estimate of drug-likeness (QED) is 0.748. The van der Waals surface area contributed by atoms with Gasteiger partial charge in [0.1, 0.15) is 0 Å². The van der Waals surface area contributed by atoms with Crippen LogP contribution in [0.4, 0.5) is 0 Å². The lowest BCUT2D eigenvalue weighted by Crippen LogP contribution is -2.42. The number of ether oxygens (including phenoxy) is 1. The summed E-state index contributed by atoms with van der Waals surface area (Å²) in [7, 11) is 0. The van der Waals surface area contributed by atoms with Gasteiger partial charge in [-0.15, -0.1) is 0 Å². The van der Waals surface area contributed by atoms with E-state index < -0.39 is 0 Å². The summed E-state index contributed by atoms with van der Waals surface area (Å²) in [5, 5.41) is 0.797. The Bertz CT molecular complexity index is 667. The van der Waals surface area contributed by atoms with Crippen LogP contribution in [0.25, 0.3) is 0 Å². The lowest BCUT2D eigenvalue weighted by atomic mass is 10.2. The molecule has 4 rings (SSSR count). The zero-order valence-corrected chi connectivity index (χ0v) is 13.2. The highest BCUT2D eigenvalue weighted by Gasteiger charge is 2.32. The zero-order valence-electron chi connectivity index (χ0n) is 12.4. The molecule has 1 aromatic heterocycles. The maximum absolute atomic E-state index is 12.7. The monoisotopic (exact) mass is 321 g/mol. The molecule has 3 heterocycles. The largest absolute Gasteiger partial charge is 0.378 e. The van der Waals surface area contributed by atoms with E-state index in [-0.39, 0.29) is 17.5 Å². The van der Waals surface area contributed by atoms with E-state index in [2.05, 4.69) is 4.98 Å². The molecule has 0 N–H and O–H groups in total. The maximum atomic E-state index is 12.7. The average Bonchev–Trinajstić information content (AvgIpc) is 3.16. The molecule has 0 radical (unpaired) electrons. The summed E-state index contributed by atoms with van der Waals surface area (Å²) in [6, 6.07) is -0.0544. The standard InChI is InChI=1S/C15H19N3O3S/c19-13(17-4-6-21-7-5-17)8-10-9-22-15-16-12-3-1-2-11(12)14(20)18(10)15/h10H,1-9H2/t10-/m0/s1. The lowest BCUT2D eigenvalue weighted by Gasteiger charge is -2.28. The number of fused-ring (bicyclic) bond motifs is 2. The molecule has 0 spiro atoms. The number of morpholine rings is 1. The summed E-state index contributed by atoms with van der Waals surface area (Å²) < 4.78 is 7.05. The van der Waals surface area contributed by atoms with Gasteiger partial charge in [0.05, 0.1) is 24.9 Å². The average molecular weight is 321 g/mol. The maximum Gasteiger partial charge on any atom is 0.257 e. The predicted octanol–water partition coefficient (Wildman–Crippen LogP) is 0.628. The number of carbonyl (C=O) groups excluding carboxylic acids is 1. The van der Waals surface area contributed by atoms with Crippen molar-refractivity contribution < 1.29 is 9.53 Å². The molecule has 0 saturated carbocycles. The smallest absolute Gasteiger partial charge is 0.257 e. The molecule has 0 aromatic carbocycles. The molecule has 6 nitrogen and oxygen atoms in total. The molecular formula is C15H19N3O3S. The van der Waals surface area contributed by atoms with Gasteiger partial charge >= 0.3 is 0 Å². The third-order valence-corrected chi connectivity index (χ3v) is 5.74. The molecule has 118 valence electrons. The summed E-state index contributed by atoms with van der Waals surface area (Å²) in [6.45, 7) is 2.53. The van der Waals surface area contributed by atoms with E-state index in [0.29, 0.717) is 32.7 Å². The number of hydrogen-bond donors (Lipinski definition) is 0. The van der Waals surface area contributed by atoms with Crippen LogP contribution in [0.15, 0.2) is 9.95 Å². The first-order valence-electron chi connectivity index (χ1n) is 7.86. The Labute approximate surface area is 132 Å². The first kappa shape index (κ1) is 14.3. The second-order valence-electron chi connectivity index (χ2n) is 6.01. The summed E-state index contributed by atoms with van der Waals surface area (Å²) in [4.78, 5) is 31.6. The number of thioether (sulfide) groups is 1. The van der Waals surface area contributed by atoms with Crippen molar-refractivity contribution in [3.8, 4) is 0 Å². The fourth-order valence-corrected chi connectivity index (χ4v) is 4.60. The van der Waals surface area contributed by atoms with Crippen LogP contribution in [-0.4, -0.2) is 52.4 Å². The minimum atomic E-state index is -0.0544. The fourth-order valence-electron chi connectivity index (χ4n) is 3.45. The van der Waals surface area contributed by atoms with Crippen molar-refractivity contribution in [3.63, 3.8) is 0 Å². The van der Waals surface area contributed by atoms with Gasteiger partial charge < -0.3 is 9.64 Å². The number of rotatable bonds is 2. The Morgan fingerprint density at radius 3 is 2.95 bits per heavy atom. The highest BCUT2D eigenvalue weighted by atomic mass is 32.2. The van der Waals surface area contributed by atoms with Gasteiger partial charge in [-0.25, -0.2) is 4.98 Å². The Morgan fingerprint density at radius 2 is 2.14 bits per heavy atom. The van der Waals surface area contributed by atoms with E-state index in [1.807, 2.05) is 4.90 Å². The van der Waals surface area contributed by atoms with E-state index in [9.17, 15) is 9.59 Å². The summed E-state index contributed by atoms with van der Waals surface area (Å²) in [6.07, 6.45) is 3.15. The van der Waals surface area contributed by atoms with Crippen LogP contribution in [0.1, 0.15) is 30.1 Å². The molecule has 1 aromatic rings. The molecule has 7 heteroatoms. The van der Waals surface area contributed by atoms with Gasteiger partial charge in [0.2, 0.25) is 5.91 Å². The minimum Gasteiger partial charge on any atom is -0.378 e. The van der Waals surface area contributed by atoms with E-state index in [0.717, 1.165) is 41.4 Å². The van der Waals surface area contributed by atoms with Crippen LogP contribution in [0.5, 0.6) is 0 Å². The van der Waals surface area contributed by atoms with Gasteiger partial charge in [0.25, 0.3) is 5.56 Å². The van der Waals surface area contributed by atoms with E-state index in [1.165, 1.54) is 0 Å². The topological polar surface area (TPSA) is 64.4 Å². The van der Waals surface area contributed by atoms with Crippen molar-refractivity contribution in [1.29, 1.82) is 0 Å². The van der Waals surface area contributed by atoms with Gasteiger partial charge in [-0.1, -0.05) is 11.8 Å². The van der Waals surface area contributed by atoms with Crippen LogP contribution in [0.2, 0.25) is 0 Å². The Morgan fingerprint density at radius 1 is 1.32 bits per heavy atom. The lowest BCUT2D eigenvalue weighted by molar-refractivity contribution is -0.136. The van der Waals surface area contributed by atoms with Crippen LogP contribution >= 0.6 is 11.8 Å². The number of aryl methyl sites for hydroxylation is 1. The number of aromatic nitrogens is 2. The first-order valence-corrected chi connectivity index (χ1v) is 8.85. The fraction of sp³-hybridized carbons (Fsp3) is 0.667. The van der Waals surface area contributed by atoms with Crippen LogP contribution in [0.3, 0.4) is 0 Å². The van der Waals surface area contributed by atoms with Crippen molar-refractivity contribution in [2.45, 2.75) is 36.9 Å². The molecule has 1 fully saturated rings. The van der Waals surface area contributed by atoms with Gasteiger partial charge in [-0.05, 0) is 19.3 Å². The van der Waals surface area contributed by atoms with Gasteiger partial charge in [0, 0.05) is 30.8 Å². The molecule has 0 bridgehead atoms. The molecule has 2 aliphatic heterocycles. The molecule has 3 aliphatic rings. The molecule has 1 aliphatic carbocycles. The number of nitrogens with zero attached hydrogens (tertiary/aromatic N) is 3. The van der Waals surface area contributed by atoms with E-state index in [4.69, 9.17) is 4.74 Å². The molecule has 1 saturated heterocycles. The highest BCUT2D eigenvalue weighted by Crippen LogP contribution is 2.34. The molecule has 1 amide bonds. The third kappa shape index (κ3) is 2.36. The first-order chi connectivity index (χ1) is 10.7. The minimum absolute atomic E-state index is 0.0544. The van der Waals surface area contributed by atoms with Crippen molar-refractivity contribution in [3.05, 3.63) is 21.6 Å². The van der Waals surface area contributed by atoms with E-state index in [1.54, 1.807) is 16.3 Å². The summed E-state index contributed by atoms with van der Waals surface area (Å²) in [5.41, 5.74) is 1.93. The number of amides is 1. The van der Waals surface area contributed by atoms with Gasteiger partial charge in [0.15, 0.2) is 5.16 Å². The molecular weight excluding hydrogens is 302 g/mol. The van der Waals surface area contributed by atoms with Crippen molar-refractivity contribution >= 4 is 17.7 Å². The van der Waals surface area contributed by atoms with Crippen molar-refractivity contribution in [2.24, 2.45) is 0 Å². The van der Waals surface area contributed by atoms with Gasteiger partial charge in [-0.3, -0.25) is 14.2 Å². The third-order valence-electron chi connectivity index (χ3n) is 4.65. The van der Waals surface area contributed by atoms with Crippen LogP contribution in [-0.2, 0) is 22.4 Å². The predicted molar refractivity (Wildman–Crippen MR) is 82.3 cm³/mol. The van der Waals surface area contributed by atoms with Crippen molar-refractivity contribution in [1.82, 2.24) is 14.5 Å². The summed E-state index contributed by atoms with van der Waals surface area (Å²) in [5.74, 6) is 0.885. The molecule has 1 atom stereocenters. The second-order valence-corrected chi connectivity index (χ2v) is 7.00.